The first kappa shape index (κ1) is 19.0. The highest BCUT2D eigenvalue weighted by atomic mass is 79.9. The molecule has 0 aliphatic rings. The van der Waals surface area contributed by atoms with E-state index in [0.717, 1.165) is 20.3 Å². The first-order valence-corrected chi connectivity index (χ1v) is 11.1. The van der Waals surface area contributed by atoms with Gasteiger partial charge in [-0.2, -0.15) is 0 Å². The van der Waals surface area contributed by atoms with Crippen LogP contribution in [0.4, 0.5) is 5.13 Å². The van der Waals surface area contributed by atoms with Crippen molar-refractivity contribution in [2.24, 2.45) is 0 Å². The largest absolute Gasteiger partial charge is 0.302 e. The molecular weight excluding hydrogens is 436 g/mol. The number of carbonyl (C=O) groups is 1. The van der Waals surface area contributed by atoms with Crippen molar-refractivity contribution in [1.82, 2.24) is 4.98 Å². The lowest BCUT2D eigenvalue weighted by molar-refractivity contribution is -0.115. The molecule has 0 aliphatic heterocycles. The SMILES string of the molecule is CC(C)S(=O)(=O)c1ccc(CC(=O)Nc2nc3c(Br)cccc3s2)cc1. The number of benzene rings is 2. The van der Waals surface area contributed by atoms with Crippen molar-refractivity contribution in [3.05, 3.63) is 52.5 Å². The van der Waals surface area contributed by atoms with Crippen molar-refractivity contribution >= 4 is 58.4 Å². The summed E-state index contributed by atoms with van der Waals surface area (Å²) in [5.74, 6) is -0.195. The summed E-state index contributed by atoms with van der Waals surface area (Å²) in [5, 5.41) is 2.86. The zero-order valence-electron chi connectivity index (χ0n) is 14.2. The van der Waals surface area contributed by atoms with E-state index in [0.29, 0.717) is 5.13 Å². The van der Waals surface area contributed by atoms with Gasteiger partial charge in [-0.3, -0.25) is 4.79 Å². The molecule has 5 nitrogen and oxygen atoms in total. The number of rotatable bonds is 5. The van der Waals surface area contributed by atoms with Crippen molar-refractivity contribution in [3.8, 4) is 0 Å². The lowest BCUT2D eigenvalue weighted by Gasteiger charge is -2.08. The molecule has 8 heteroatoms. The van der Waals surface area contributed by atoms with Gasteiger partial charge in [-0.25, -0.2) is 13.4 Å². The molecule has 3 rings (SSSR count). The van der Waals surface area contributed by atoms with Crippen LogP contribution < -0.4 is 5.32 Å². The summed E-state index contributed by atoms with van der Waals surface area (Å²) < 4.78 is 26.1. The third-order valence-corrected chi connectivity index (χ3v) is 7.60. The van der Waals surface area contributed by atoms with E-state index >= 15 is 0 Å². The smallest absolute Gasteiger partial charge is 0.230 e. The molecular formula is C18H17BrN2O3S2. The Bertz CT molecular complexity index is 1060. The monoisotopic (exact) mass is 452 g/mol. The van der Waals surface area contributed by atoms with Crippen LogP contribution in [0, 0.1) is 0 Å². The van der Waals surface area contributed by atoms with E-state index in [1.165, 1.54) is 11.3 Å². The van der Waals surface area contributed by atoms with Crippen LogP contribution in [0.3, 0.4) is 0 Å². The fourth-order valence-electron chi connectivity index (χ4n) is 2.39. The minimum atomic E-state index is -3.30. The topological polar surface area (TPSA) is 76.1 Å². The second kappa shape index (κ2) is 7.46. The molecule has 0 saturated carbocycles. The van der Waals surface area contributed by atoms with E-state index in [1.807, 2.05) is 18.2 Å². The molecule has 1 aromatic heterocycles. The number of sulfone groups is 1. The van der Waals surface area contributed by atoms with Gasteiger partial charge in [0.05, 0.1) is 26.8 Å². The number of hydrogen-bond acceptors (Lipinski definition) is 5. The first-order valence-electron chi connectivity index (χ1n) is 7.95. The lowest BCUT2D eigenvalue weighted by atomic mass is 10.1. The van der Waals surface area contributed by atoms with Gasteiger partial charge >= 0.3 is 0 Å². The van der Waals surface area contributed by atoms with Crippen LogP contribution in [0.1, 0.15) is 19.4 Å². The minimum absolute atomic E-state index is 0.152. The Morgan fingerprint density at radius 3 is 2.50 bits per heavy atom. The Morgan fingerprint density at radius 1 is 1.19 bits per heavy atom. The molecule has 1 amide bonds. The summed E-state index contributed by atoms with van der Waals surface area (Å²) >= 11 is 4.85. The predicted molar refractivity (Wildman–Crippen MR) is 108 cm³/mol. The molecule has 0 atom stereocenters. The average molecular weight is 453 g/mol. The fourth-order valence-corrected chi connectivity index (χ4v) is 4.94. The number of nitrogens with one attached hydrogen (secondary N) is 1. The van der Waals surface area contributed by atoms with Crippen molar-refractivity contribution in [1.29, 1.82) is 0 Å². The van der Waals surface area contributed by atoms with Gasteiger partial charge in [-0.1, -0.05) is 29.5 Å². The second-order valence-electron chi connectivity index (χ2n) is 6.07. The van der Waals surface area contributed by atoms with Crippen LogP contribution in [0.5, 0.6) is 0 Å². The summed E-state index contributed by atoms with van der Waals surface area (Å²) in [7, 11) is -3.30. The Kier molecular flexibility index (Phi) is 5.45. The van der Waals surface area contributed by atoms with Crippen LogP contribution >= 0.6 is 27.3 Å². The average Bonchev–Trinajstić information content (AvgIpc) is 2.99. The van der Waals surface area contributed by atoms with Gasteiger partial charge in [0, 0.05) is 4.47 Å². The summed E-state index contributed by atoms with van der Waals surface area (Å²) in [6, 6.07) is 12.2. The zero-order valence-corrected chi connectivity index (χ0v) is 17.4. The molecule has 0 fully saturated rings. The molecule has 136 valence electrons. The number of thiazole rings is 1. The number of nitrogens with zero attached hydrogens (tertiary/aromatic N) is 1. The van der Waals surface area contributed by atoms with Gasteiger partial charge in [0.15, 0.2) is 15.0 Å². The summed E-state index contributed by atoms with van der Waals surface area (Å²) in [6.07, 6.45) is 0.152. The minimum Gasteiger partial charge on any atom is -0.302 e. The third-order valence-electron chi connectivity index (χ3n) is 3.85. The molecule has 1 N–H and O–H groups in total. The van der Waals surface area contributed by atoms with E-state index in [2.05, 4.69) is 26.2 Å². The zero-order chi connectivity index (χ0) is 18.9. The highest BCUT2D eigenvalue weighted by molar-refractivity contribution is 9.10. The predicted octanol–water partition coefficient (Wildman–Crippen LogP) is 4.42. The number of amides is 1. The number of halogens is 1. The molecule has 0 spiro atoms. The maximum absolute atomic E-state index is 12.3. The Hall–Kier alpha value is -1.77. The molecule has 0 unspecified atom stereocenters. The molecule has 1 heterocycles. The Balaban J connectivity index is 1.70. The van der Waals surface area contributed by atoms with E-state index in [-0.39, 0.29) is 17.2 Å². The Morgan fingerprint density at radius 2 is 1.88 bits per heavy atom. The van der Waals surface area contributed by atoms with Crippen LogP contribution in [0.25, 0.3) is 10.2 Å². The normalized spacial score (nSPS) is 11.8. The van der Waals surface area contributed by atoms with E-state index in [1.54, 1.807) is 38.1 Å². The summed E-state index contributed by atoms with van der Waals surface area (Å²) in [5.41, 5.74) is 1.56. The highest BCUT2D eigenvalue weighted by Crippen LogP contribution is 2.30. The van der Waals surface area contributed by atoms with E-state index in [9.17, 15) is 13.2 Å². The third kappa shape index (κ3) is 3.97. The maximum Gasteiger partial charge on any atom is 0.230 e. The number of fused-ring (bicyclic) bond motifs is 1. The van der Waals surface area contributed by atoms with E-state index in [4.69, 9.17) is 0 Å². The van der Waals surface area contributed by atoms with Crippen molar-refractivity contribution < 1.29 is 13.2 Å². The molecule has 0 radical (unpaired) electrons. The van der Waals surface area contributed by atoms with Crippen LogP contribution in [0.15, 0.2) is 51.8 Å². The van der Waals surface area contributed by atoms with Crippen molar-refractivity contribution in [3.63, 3.8) is 0 Å². The van der Waals surface area contributed by atoms with Gasteiger partial charge in [-0.15, -0.1) is 0 Å². The van der Waals surface area contributed by atoms with Crippen LogP contribution in [0.2, 0.25) is 0 Å². The standard InChI is InChI=1S/C18H17BrN2O3S2/c1-11(2)26(23,24)13-8-6-12(7-9-13)10-16(22)20-18-21-17-14(19)4-3-5-15(17)25-18/h3-9,11H,10H2,1-2H3,(H,20,21,22). The van der Waals surface area contributed by atoms with Gasteiger partial charge < -0.3 is 5.32 Å². The molecule has 0 aliphatic carbocycles. The number of hydrogen-bond donors (Lipinski definition) is 1. The number of aromatic nitrogens is 1. The first-order chi connectivity index (χ1) is 12.3. The number of carbonyl (C=O) groups excluding carboxylic acids is 1. The number of anilines is 1. The van der Waals surface area contributed by atoms with Crippen LogP contribution in [-0.4, -0.2) is 24.6 Å². The summed E-state index contributed by atoms with van der Waals surface area (Å²) in [6.45, 7) is 3.29. The fraction of sp³-hybridized carbons (Fsp3) is 0.222. The number of para-hydroxylation sites is 1. The Labute approximate surface area is 164 Å². The summed E-state index contributed by atoms with van der Waals surface area (Å²) in [4.78, 5) is 17.0. The molecule has 0 saturated heterocycles. The maximum atomic E-state index is 12.3. The van der Waals surface area contributed by atoms with Gasteiger partial charge in [0.25, 0.3) is 0 Å². The van der Waals surface area contributed by atoms with Gasteiger partial charge in [0.1, 0.15) is 0 Å². The molecule has 2 aromatic carbocycles. The van der Waals surface area contributed by atoms with Gasteiger partial charge in [0.2, 0.25) is 5.91 Å². The van der Waals surface area contributed by atoms with E-state index < -0.39 is 15.1 Å². The lowest BCUT2D eigenvalue weighted by Crippen LogP contribution is -2.15. The van der Waals surface area contributed by atoms with Gasteiger partial charge in [-0.05, 0) is 59.6 Å². The quantitative estimate of drug-likeness (QED) is 0.621. The van der Waals surface area contributed by atoms with Crippen LogP contribution in [-0.2, 0) is 21.1 Å². The van der Waals surface area contributed by atoms with Crippen molar-refractivity contribution in [2.75, 3.05) is 5.32 Å². The molecule has 3 aromatic rings. The molecule has 26 heavy (non-hydrogen) atoms. The molecule has 0 bridgehead atoms. The van der Waals surface area contributed by atoms with Crippen molar-refractivity contribution in [2.45, 2.75) is 30.4 Å². The highest BCUT2D eigenvalue weighted by Gasteiger charge is 2.19. The second-order valence-corrected chi connectivity index (χ2v) is 10.5.